The fraction of sp³-hybridized carbons (Fsp3) is 0.0385. The first kappa shape index (κ1) is 18.2. The number of allylic oxidation sites excluding steroid dienone is 1. The van der Waals surface area contributed by atoms with Crippen molar-refractivity contribution in [2.45, 2.75) is 5.41 Å². The molecule has 0 saturated heterocycles. The average molecular weight is 418 g/mol. The first-order valence-corrected chi connectivity index (χ1v) is 9.97. The van der Waals surface area contributed by atoms with E-state index in [1.165, 1.54) is 0 Å². The summed E-state index contributed by atoms with van der Waals surface area (Å²) < 4.78 is 11.4. The lowest BCUT2D eigenvalue weighted by Gasteiger charge is -2.40. The lowest BCUT2D eigenvalue weighted by atomic mass is 9.59. The summed E-state index contributed by atoms with van der Waals surface area (Å²) in [5, 5.41) is 10.6. The second-order valence-corrected chi connectivity index (χ2v) is 7.71. The predicted molar refractivity (Wildman–Crippen MR) is 117 cm³/mol. The highest BCUT2D eigenvalue weighted by Gasteiger charge is 2.57. The molecule has 152 valence electrons. The molecule has 1 spiro atoms. The molecule has 6 nitrogen and oxygen atoms in total. The molecule has 2 N–H and O–H groups in total. The Morgan fingerprint density at radius 3 is 2.28 bits per heavy atom. The number of hydrogen-bond acceptors (Lipinski definition) is 6. The van der Waals surface area contributed by atoms with Gasteiger partial charge in [-0.15, -0.1) is 0 Å². The van der Waals surface area contributed by atoms with Crippen LogP contribution in [-0.4, -0.2) is 5.78 Å². The van der Waals surface area contributed by atoms with E-state index in [0.29, 0.717) is 22.1 Å². The first-order valence-electron chi connectivity index (χ1n) is 9.97. The summed E-state index contributed by atoms with van der Waals surface area (Å²) in [6, 6.07) is 23.3. The van der Waals surface area contributed by atoms with Gasteiger partial charge in [0.1, 0.15) is 28.2 Å². The molecule has 4 aromatic rings. The SMILES string of the molecule is N#CC1=C(N)Oc2c(c(=O)oc3ccccc23)C12C(=O)c1ccccc1-c1ccccc12. The Hall–Kier alpha value is -4.63. The summed E-state index contributed by atoms with van der Waals surface area (Å²) in [5.41, 5.74) is 6.22. The van der Waals surface area contributed by atoms with Gasteiger partial charge in [-0.05, 0) is 28.8 Å². The second-order valence-electron chi connectivity index (χ2n) is 7.71. The third kappa shape index (κ3) is 2.02. The van der Waals surface area contributed by atoms with Gasteiger partial charge in [-0.25, -0.2) is 4.79 Å². The molecule has 1 aliphatic carbocycles. The van der Waals surface area contributed by atoms with Gasteiger partial charge >= 0.3 is 5.63 Å². The highest BCUT2D eigenvalue weighted by molar-refractivity contribution is 6.18. The van der Waals surface area contributed by atoms with Crippen LogP contribution in [0.4, 0.5) is 0 Å². The molecule has 1 aliphatic heterocycles. The lowest BCUT2D eigenvalue weighted by molar-refractivity contribution is 0.0922. The molecule has 6 heteroatoms. The molecule has 3 aromatic carbocycles. The van der Waals surface area contributed by atoms with E-state index in [2.05, 4.69) is 6.07 Å². The molecule has 1 atom stereocenters. The van der Waals surface area contributed by atoms with Crippen molar-refractivity contribution in [3.8, 4) is 22.9 Å². The minimum Gasteiger partial charge on any atom is -0.439 e. The van der Waals surface area contributed by atoms with E-state index in [1.54, 1.807) is 48.5 Å². The minimum atomic E-state index is -1.78. The van der Waals surface area contributed by atoms with Crippen LogP contribution >= 0.6 is 0 Å². The maximum Gasteiger partial charge on any atom is 0.345 e. The van der Waals surface area contributed by atoms with Crippen molar-refractivity contribution in [3.63, 3.8) is 0 Å². The quantitative estimate of drug-likeness (QED) is 0.432. The third-order valence-electron chi connectivity index (χ3n) is 6.22. The van der Waals surface area contributed by atoms with Gasteiger partial charge in [-0.2, -0.15) is 5.26 Å². The average Bonchev–Trinajstić information content (AvgIpc) is 2.82. The summed E-state index contributed by atoms with van der Waals surface area (Å²) >= 11 is 0. The highest BCUT2D eigenvalue weighted by atomic mass is 16.5. The number of ketones is 1. The van der Waals surface area contributed by atoms with Gasteiger partial charge in [0.25, 0.3) is 0 Å². The van der Waals surface area contributed by atoms with E-state index in [0.717, 1.165) is 11.1 Å². The van der Waals surface area contributed by atoms with E-state index in [1.807, 2.05) is 24.3 Å². The number of nitrogens with two attached hydrogens (primary N) is 1. The Morgan fingerprint density at radius 2 is 1.50 bits per heavy atom. The van der Waals surface area contributed by atoms with Crippen molar-refractivity contribution in [2.75, 3.05) is 0 Å². The minimum absolute atomic E-state index is 0.0334. The lowest BCUT2D eigenvalue weighted by Crippen LogP contribution is -2.48. The number of rotatable bonds is 0. The Morgan fingerprint density at radius 1 is 0.844 bits per heavy atom. The molecular formula is C26H14N2O4. The van der Waals surface area contributed by atoms with Gasteiger partial charge in [0.05, 0.1) is 5.39 Å². The van der Waals surface area contributed by atoms with Crippen LogP contribution in [0.3, 0.4) is 0 Å². The molecule has 2 heterocycles. The molecule has 0 fully saturated rings. The largest absolute Gasteiger partial charge is 0.439 e. The Kier molecular flexibility index (Phi) is 3.51. The van der Waals surface area contributed by atoms with E-state index in [-0.39, 0.29) is 22.8 Å². The molecule has 1 aromatic heterocycles. The number of Topliss-reactive ketones (excluding diaryl/α,β-unsaturated/α-hetero) is 1. The first-order chi connectivity index (χ1) is 15.6. The van der Waals surface area contributed by atoms with E-state index < -0.39 is 16.8 Å². The standard InChI is InChI=1S/C26H14N2O4/c27-13-19-24(28)32-22-17-10-4-6-12-20(17)31-25(30)21(22)26(19)18-11-5-3-8-15(18)14-7-1-2-9-16(14)23(26)29/h1-12H,28H2. The maximum atomic E-state index is 14.2. The summed E-state index contributed by atoms with van der Waals surface area (Å²) in [6.07, 6.45) is 0. The zero-order valence-corrected chi connectivity index (χ0v) is 16.6. The van der Waals surface area contributed by atoms with Crippen molar-refractivity contribution >= 4 is 16.8 Å². The van der Waals surface area contributed by atoms with E-state index in [9.17, 15) is 14.9 Å². The van der Waals surface area contributed by atoms with Crippen LogP contribution < -0.4 is 16.1 Å². The molecule has 1 unspecified atom stereocenters. The topological polar surface area (TPSA) is 106 Å². The van der Waals surface area contributed by atoms with Gasteiger partial charge < -0.3 is 14.9 Å². The number of para-hydroxylation sites is 1. The zero-order valence-electron chi connectivity index (χ0n) is 16.6. The number of nitriles is 1. The van der Waals surface area contributed by atoms with E-state index in [4.69, 9.17) is 14.9 Å². The van der Waals surface area contributed by atoms with Crippen LogP contribution in [-0.2, 0) is 5.41 Å². The van der Waals surface area contributed by atoms with Crippen LogP contribution in [0.15, 0.2) is 93.5 Å². The van der Waals surface area contributed by atoms with Crippen LogP contribution in [0.2, 0.25) is 0 Å². The highest BCUT2D eigenvalue weighted by Crippen LogP contribution is 2.55. The maximum absolute atomic E-state index is 14.2. The Labute approximate surface area is 181 Å². The summed E-state index contributed by atoms with van der Waals surface area (Å²) in [4.78, 5) is 27.7. The number of hydrogen-bond donors (Lipinski definition) is 1. The van der Waals surface area contributed by atoms with Gasteiger partial charge in [-0.1, -0.05) is 60.7 Å². The number of carbonyl (C=O) groups excluding carboxylic acids is 1. The smallest absolute Gasteiger partial charge is 0.345 e. The van der Waals surface area contributed by atoms with Crippen molar-refractivity contribution in [1.82, 2.24) is 0 Å². The van der Waals surface area contributed by atoms with Crippen molar-refractivity contribution in [2.24, 2.45) is 5.73 Å². The summed E-state index contributed by atoms with van der Waals surface area (Å²) in [7, 11) is 0. The molecular weight excluding hydrogens is 404 g/mol. The van der Waals surface area contributed by atoms with Crippen molar-refractivity contribution < 1.29 is 13.9 Å². The molecule has 0 amide bonds. The monoisotopic (exact) mass is 418 g/mol. The molecule has 0 saturated carbocycles. The summed E-state index contributed by atoms with van der Waals surface area (Å²) in [5.74, 6) is -0.493. The number of nitrogens with zero attached hydrogens (tertiary/aromatic N) is 1. The number of carbonyl (C=O) groups is 1. The number of ether oxygens (including phenoxy) is 1. The van der Waals surface area contributed by atoms with Gasteiger partial charge in [-0.3, -0.25) is 4.79 Å². The van der Waals surface area contributed by atoms with Crippen molar-refractivity contribution in [3.05, 3.63) is 111 Å². The van der Waals surface area contributed by atoms with Crippen LogP contribution in [0.25, 0.3) is 22.1 Å². The molecule has 2 aliphatic rings. The van der Waals surface area contributed by atoms with Crippen LogP contribution in [0.5, 0.6) is 5.75 Å². The van der Waals surface area contributed by atoms with Gasteiger partial charge in [0, 0.05) is 5.56 Å². The number of benzene rings is 3. The number of fused-ring (bicyclic) bond motifs is 8. The Balaban J connectivity index is 1.88. The van der Waals surface area contributed by atoms with E-state index >= 15 is 0 Å². The molecule has 0 radical (unpaired) electrons. The zero-order chi connectivity index (χ0) is 22.0. The van der Waals surface area contributed by atoms with Gasteiger partial charge in [0.2, 0.25) is 5.88 Å². The normalized spacial score (nSPS) is 18.5. The van der Waals surface area contributed by atoms with Gasteiger partial charge in [0.15, 0.2) is 11.5 Å². The third-order valence-corrected chi connectivity index (χ3v) is 6.22. The second kappa shape index (κ2) is 6.19. The fourth-order valence-electron chi connectivity index (χ4n) is 4.94. The molecule has 32 heavy (non-hydrogen) atoms. The molecule has 6 rings (SSSR count). The van der Waals surface area contributed by atoms with Crippen LogP contribution in [0, 0.1) is 11.3 Å². The molecule has 0 bridgehead atoms. The predicted octanol–water partition coefficient (Wildman–Crippen LogP) is 4.03. The fourth-order valence-corrected chi connectivity index (χ4v) is 4.94. The summed E-state index contributed by atoms with van der Waals surface area (Å²) in [6.45, 7) is 0. The Bertz CT molecular complexity index is 1620. The van der Waals surface area contributed by atoms with Crippen LogP contribution in [0.1, 0.15) is 21.5 Å². The van der Waals surface area contributed by atoms with Crippen molar-refractivity contribution in [1.29, 1.82) is 5.26 Å².